The van der Waals surface area contributed by atoms with E-state index in [1.54, 1.807) is 13.8 Å². The van der Waals surface area contributed by atoms with Crippen molar-refractivity contribution in [3.05, 3.63) is 0 Å². The van der Waals surface area contributed by atoms with Gasteiger partial charge in [0.2, 0.25) is 19.2 Å². The number of aliphatic hydroxyl groups is 1. The van der Waals surface area contributed by atoms with Gasteiger partial charge in [0.05, 0.1) is 18.3 Å². The minimum Gasteiger partial charge on any atom is -0.391 e. The Bertz CT molecular complexity index is 578. The van der Waals surface area contributed by atoms with Crippen LogP contribution in [-0.2, 0) is 14.2 Å². The maximum absolute atomic E-state index is 12.5. The van der Waals surface area contributed by atoms with Crippen LogP contribution >= 0.6 is 7.37 Å². The van der Waals surface area contributed by atoms with Gasteiger partial charge in [-0.15, -0.1) is 0 Å². The fourth-order valence-electron chi connectivity index (χ4n) is 3.66. The summed E-state index contributed by atoms with van der Waals surface area (Å²) in [5.74, 6) is -0.835. The van der Waals surface area contributed by atoms with Gasteiger partial charge in [0, 0.05) is 12.7 Å². The summed E-state index contributed by atoms with van der Waals surface area (Å²) in [7, 11) is -3.45. The largest absolute Gasteiger partial charge is 0.391 e. The number of carbonyl (C=O) groups excluding carboxylic acids is 2. The molecule has 8 nitrogen and oxygen atoms in total. The second-order valence-corrected chi connectivity index (χ2v) is 11.5. The number of aliphatic hydroxyl groups excluding tert-OH is 1. The van der Waals surface area contributed by atoms with Crippen molar-refractivity contribution in [1.82, 2.24) is 10.6 Å². The molecule has 0 aromatic rings. The predicted octanol–water partition coefficient (Wildman–Crippen LogP) is 1.44. The monoisotopic (exact) mass is 433 g/mol. The van der Waals surface area contributed by atoms with Gasteiger partial charge < -0.3 is 26.4 Å². The van der Waals surface area contributed by atoms with Crippen molar-refractivity contribution in [2.24, 2.45) is 23.5 Å². The van der Waals surface area contributed by atoms with Crippen LogP contribution in [0.4, 0.5) is 0 Å². The minimum atomic E-state index is -3.45. The van der Waals surface area contributed by atoms with Gasteiger partial charge in [0.15, 0.2) is 0 Å². The zero-order valence-electron chi connectivity index (χ0n) is 18.3. The normalized spacial score (nSPS) is 20.7. The van der Waals surface area contributed by atoms with E-state index in [2.05, 4.69) is 10.6 Å². The third-order valence-corrected chi connectivity index (χ3v) is 7.62. The number of hydrogen-bond donors (Lipinski definition) is 5. The van der Waals surface area contributed by atoms with E-state index in [4.69, 9.17) is 5.73 Å². The van der Waals surface area contributed by atoms with Crippen LogP contribution in [0.5, 0.6) is 0 Å². The molecule has 170 valence electrons. The maximum Gasteiger partial charge on any atom is 0.242 e. The highest BCUT2D eigenvalue weighted by Gasteiger charge is 2.30. The summed E-state index contributed by atoms with van der Waals surface area (Å²) in [4.78, 5) is 34.9. The summed E-state index contributed by atoms with van der Waals surface area (Å²) in [6, 6.07) is -1.50. The van der Waals surface area contributed by atoms with Crippen LogP contribution in [0, 0.1) is 17.8 Å². The van der Waals surface area contributed by atoms with E-state index in [1.807, 2.05) is 13.8 Å². The van der Waals surface area contributed by atoms with E-state index < -0.39 is 37.4 Å². The molecule has 1 rings (SSSR count). The van der Waals surface area contributed by atoms with Gasteiger partial charge in [-0.05, 0) is 30.6 Å². The molecular weight excluding hydrogens is 393 g/mol. The van der Waals surface area contributed by atoms with Crippen molar-refractivity contribution in [3.63, 3.8) is 0 Å². The molecule has 4 atom stereocenters. The Morgan fingerprint density at radius 2 is 1.66 bits per heavy atom. The van der Waals surface area contributed by atoms with Crippen LogP contribution in [0.3, 0.4) is 0 Å². The van der Waals surface area contributed by atoms with E-state index in [1.165, 1.54) is 6.42 Å². The first-order valence-electron chi connectivity index (χ1n) is 10.8. The summed E-state index contributed by atoms with van der Waals surface area (Å²) in [5.41, 5.74) is 5.83. The van der Waals surface area contributed by atoms with E-state index in [0.29, 0.717) is 0 Å². The zero-order valence-corrected chi connectivity index (χ0v) is 19.2. The molecule has 1 saturated carbocycles. The second kappa shape index (κ2) is 12.0. The lowest BCUT2D eigenvalue weighted by atomic mass is 9.91. The van der Waals surface area contributed by atoms with Crippen LogP contribution < -0.4 is 16.4 Å². The van der Waals surface area contributed by atoms with Crippen molar-refractivity contribution in [1.29, 1.82) is 0 Å². The molecule has 2 amide bonds. The Morgan fingerprint density at radius 1 is 1.07 bits per heavy atom. The molecule has 0 heterocycles. The fraction of sp³-hybridized carbons (Fsp3) is 0.900. The van der Waals surface area contributed by atoms with Gasteiger partial charge in [0.25, 0.3) is 0 Å². The van der Waals surface area contributed by atoms with Crippen LogP contribution in [0.25, 0.3) is 0 Å². The first-order valence-corrected chi connectivity index (χ1v) is 12.8. The number of rotatable bonds is 11. The summed E-state index contributed by atoms with van der Waals surface area (Å²) in [6.07, 6.45) is 4.17. The highest BCUT2D eigenvalue weighted by molar-refractivity contribution is 7.58. The number of nitrogens with two attached hydrogens (primary N) is 1. The Morgan fingerprint density at radius 3 is 2.17 bits per heavy atom. The highest BCUT2D eigenvalue weighted by Crippen LogP contribution is 2.45. The van der Waals surface area contributed by atoms with Crippen LogP contribution in [0.2, 0.25) is 0 Å². The first kappa shape index (κ1) is 26.1. The lowest BCUT2D eigenvalue weighted by Crippen LogP contribution is -2.55. The number of amides is 2. The van der Waals surface area contributed by atoms with Crippen molar-refractivity contribution in [2.45, 2.75) is 78.0 Å². The van der Waals surface area contributed by atoms with Crippen LogP contribution in [-0.4, -0.2) is 58.9 Å². The number of carbonyl (C=O) groups is 2. The molecule has 1 aliphatic rings. The van der Waals surface area contributed by atoms with Crippen LogP contribution in [0.1, 0.15) is 59.8 Å². The zero-order chi connectivity index (χ0) is 22.2. The summed E-state index contributed by atoms with van der Waals surface area (Å²) < 4.78 is 12.5. The van der Waals surface area contributed by atoms with Crippen molar-refractivity contribution < 1.29 is 24.2 Å². The molecule has 0 spiro atoms. The Kier molecular flexibility index (Phi) is 10.8. The first-order chi connectivity index (χ1) is 13.4. The predicted molar refractivity (Wildman–Crippen MR) is 115 cm³/mol. The van der Waals surface area contributed by atoms with Crippen molar-refractivity contribution in [2.75, 3.05) is 18.9 Å². The van der Waals surface area contributed by atoms with Crippen molar-refractivity contribution in [3.8, 4) is 0 Å². The Balaban J connectivity index is 2.52. The van der Waals surface area contributed by atoms with Gasteiger partial charge in [-0.25, -0.2) is 0 Å². The Hall–Kier alpha value is -0.950. The third kappa shape index (κ3) is 9.60. The lowest BCUT2D eigenvalue weighted by molar-refractivity contribution is -0.131. The van der Waals surface area contributed by atoms with Gasteiger partial charge >= 0.3 is 0 Å². The van der Waals surface area contributed by atoms with E-state index in [-0.39, 0.29) is 36.6 Å². The smallest absolute Gasteiger partial charge is 0.242 e. The molecule has 29 heavy (non-hydrogen) atoms. The second-order valence-electron chi connectivity index (χ2n) is 9.11. The molecule has 1 fully saturated rings. The molecule has 0 aliphatic heterocycles. The third-order valence-electron chi connectivity index (χ3n) is 5.54. The van der Waals surface area contributed by atoms with Gasteiger partial charge in [-0.2, -0.15) is 0 Å². The standard InChI is InChI=1S/C20H40N3O5P/c1-13(2)17(21)19(25)23-18(14(3)4)20(26)22-10-16(24)12-29(27,28)11-15-8-6-5-7-9-15/h13-18,24H,5-12,21H2,1-4H3,(H,22,26)(H,23,25)(H,27,28)/t16-,17+,18?/m1/s1. The fourth-order valence-corrected chi connectivity index (χ4v) is 5.77. The summed E-state index contributed by atoms with van der Waals surface area (Å²) >= 11 is 0. The van der Waals surface area contributed by atoms with Crippen LogP contribution in [0.15, 0.2) is 0 Å². The molecule has 0 radical (unpaired) electrons. The van der Waals surface area contributed by atoms with Gasteiger partial charge in [0.1, 0.15) is 6.04 Å². The molecule has 1 aliphatic carbocycles. The van der Waals surface area contributed by atoms with E-state index in [9.17, 15) is 24.2 Å². The minimum absolute atomic E-state index is 0.0597. The van der Waals surface area contributed by atoms with E-state index >= 15 is 0 Å². The molecule has 0 bridgehead atoms. The molecule has 6 N–H and O–H groups in total. The maximum atomic E-state index is 12.5. The summed E-state index contributed by atoms with van der Waals surface area (Å²) in [5, 5.41) is 15.4. The molecule has 0 aromatic heterocycles. The topological polar surface area (TPSA) is 142 Å². The molecule has 2 unspecified atom stereocenters. The van der Waals surface area contributed by atoms with E-state index in [0.717, 1.165) is 25.7 Å². The Labute approximate surface area is 174 Å². The molecule has 9 heteroatoms. The molecule has 0 aromatic carbocycles. The van der Waals surface area contributed by atoms with Gasteiger partial charge in [-0.1, -0.05) is 47.0 Å². The SMILES string of the molecule is CC(C)C(NC(=O)[C@@H](N)C(C)C)C(=O)NC[C@@H](O)CP(=O)(O)CC1CCCCC1. The van der Waals surface area contributed by atoms with Crippen molar-refractivity contribution >= 4 is 19.2 Å². The summed E-state index contributed by atoms with van der Waals surface area (Å²) in [6.45, 7) is 7.11. The average molecular weight is 434 g/mol. The average Bonchev–Trinajstić information content (AvgIpc) is 2.62. The quantitative estimate of drug-likeness (QED) is 0.312. The number of nitrogens with one attached hydrogen (secondary N) is 2. The highest BCUT2D eigenvalue weighted by atomic mass is 31.2. The lowest BCUT2D eigenvalue weighted by Gasteiger charge is -2.26. The van der Waals surface area contributed by atoms with Gasteiger partial charge in [-0.3, -0.25) is 14.2 Å². The number of hydrogen-bond acceptors (Lipinski definition) is 5. The molecule has 0 saturated heterocycles. The molecular formula is C20H40N3O5P.